The van der Waals surface area contributed by atoms with Crippen LogP contribution in [-0.4, -0.2) is 26.2 Å². The molecule has 1 amide bonds. The number of hydrogen-bond acceptors (Lipinski definition) is 4. The van der Waals surface area contributed by atoms with Gasteiger partial charge in [-0.25, -0.2) is 0 Å². The Morgan fingerprint density at radius 1 is 1.04 bits per heavy atom. The van der Waals surface area contributed by atoms with Crippen molar-refractivity contribution in [3.8, 4) is 17.2 Å². The van der Waals surface area contributed by atoms with E-state index in [0.717, 1.165) is 5.56 Å². The molecule has 5 nitrogen and oxygen atoms in total. The van der Waals surface area contributed by atoms with E-state index in [2.05, 4.69) is 5.32 Å². The summed E-state index contributed by atoms with van der Waals surface area (Å²) in [5.41, 5.74) is 1.77. The molecular weight excluding hydrogens is 306 g/mol. The molecule has 0 aliphatic heterocycles. The van der Waals surface area contributed by atoms with Crippen molar-refractivity contribution in [3.05, 3.63) is 48.0 Å². The zero-order valence-corrected chi connectivity index (χ0v) is 14.5. The van der Waals surface area contributed by atoms with E-state index in [1.807, 2.05) is 38.1 Å². The summed E-state index contributed by atoms with van der Waals surface area (Å²) in [5.74, 6) is 1.64. The zero-order chi connectivity index (χ0) is 17.5. The molecule has 0 aliphatic carbocycles. The van der Waals surface area contributed by atoms with Crippen molar-refractivity contribution < 1.29 is 19.0 Å². The number of ether oxygens (including phenoxy) is 3. The molecule has 2 aromatic rings. The Kier molecular flexibility index (Phi) is 6.07. The van der Waals surface area contributed by atoms with Gasteiger partial charge in [0, 0.05) is 11.8 Å². The second-order valence-corrected chi connectivity index (χ2v) is 5.39. The molecule has 2 rings (SSSR count). The van der Waals surface area contributed by atoms with Gasteiger partial charge in [0.2, 0.25) is 0 Å². The Labute approximate surface area is 142 Å². The van der Waals surface area contributed by atoms with Crippen LogP contribution in [0, 0.1) is 6.92 Å². The molecular formula is C19H23NO4. The molecule has 0 spiro atoms. The third-order valence-corrected chi connectivity index (χ3v) is 3.61. The van der Waals surface area contributed by atoms with Gasteiger partial charge in [0.1, 0.15) is 5.75 Å². The molecule has 1 N–H and O–H groups in total. The number of aryl methyl sites for hydroxylation is 1. The first-order valence-corrected chi connectivity index (χ1v) is 7.83. The molecule has 5 heteroatoms. The van der Waals surface area contributed by atoms with Gasteiger partial charge in [0.15, 0.2) is 17.6 Å². The number of carbonyl (C=O) groups is 1. The van der Waals surface area contributed by atoms with E-state index < -0.39 is 6.10 Å². The molecule has 0 fully saturated rings. The molecule has 1 unspecified atom stereocenters. The minimum atomic E-state index is -0.569. The third kappa shape index (κ3) is 4.41. The fourth-order valence-electron chi connectivity index (χ4n) is 2.24. The van der Waals surface area contributed by atoms with Gasteiger partial charge in [0.25, 0.3) is 5.91 Å². The number of methoxy groups -OCH3 is 2. The highest BCUT2D eigenvalue weighted by Gasteiger charge is 2.19. The summed E-state index contributed by atoms with van der Waals surface area (Å²) in [6, 6.07) is 12.9. The number of hydrogen-bond donors (Lipinski definition) is 1. The summed E-state index contributed by atoms with van der Waals surface area (Å²) in [6.07, 6.45) is -0.00620. The van der Waals surface area contributed by atoms with Gasteiger partial charge in [0.05, 0.1) is 14.2 Å². The molecule has 0 aliphatic rings. The maximum atomic E-state index is 12.5. The lowest BCUT2D eigenvalue weighted by molar-refractivity contribution is -0.122. The van der Waals surface area contributed by atoms with Crippen molar-refractivity contribution >= 4 is 11.6 Å². The SMILES string of the molecule is CCC(Oc1ccc(C)cc1)C(=O)Nc1ccc(OC)c(OC)c1. The van der Waals surface area contributed by atoms with Crippen molar-refractivity contribution in [1.29, 1.82) is 0 Å². The van der Waals surface area contributed by atoms with Gasteiger partial charge in [-0.2, -0.15) is 0 Å². The first-order valence-electron chi connectivity index (χ1n) is 7.83. The molecule has 1 atom stereocenters. The molecule has 0 heterocycles. The van der Waals surface area contributed by atoms with Gasteiger partial charge in [-0.05, 0) is 37.6 Å². The molecule has 0 aromatic heterocycles. The van der Waals surface area contributed by atoms with E-state index in [4.69, 9.17) is 14.2 Å². The van der Waals surface area contributed by atoms with E-state index >= 15 is 0 Å². The number of benzene rings is 2. The zero-order valence-electron chi connectivity index (χ0n) is 14.5. The number of carbonyl (C=O) groups excluding carboxylic acids is 1. The maximum absolute atomic E-state index is 12.5. The lowest BCUT2D eigenvalue weighted by atomic mass is 10.2. The smallest absolute Gasteiger partial charge is 0.265 e. The average molecular weight is 329 g/mol. The van der Waals surface area contributed by atoms with Crippen molar-refractivity contribution in [2.75, 3.05) is 19.5 Å². The van der Waals surface area contributed by atoms with Crippen LogP contribution in [0.25, 0.3) is 0 Å². The van der Waals surface area contributed by atoms with Crippen molar-refractivity contribution in [1.82, 2.24) is 0 Å². The van der Waals surface area contributed by atoms with Crippen LogP contribution in [-0.2, 0) is 4.79 Å². The molecule has 2 aromatic carbocycles. The lowest BCUT2D eigenvalue weighted by Gasteiger charge is -2.18. The number of amides is 1. The molecule has 0 saturated carbocycles. The summed E-state index contributed by atoms with van der Waals surface area (Å²) in [6.45, 7) is 3.91. The minimum Gasteiger partial charge on any atom is -0.493 e. The van der Waals surface area contributed by atoms with Crippen LogP contribution in [0.2, 0.25) is 0 Å². The van der Waals surface area contributed by atoms with Gasteiger partial charge >= 0.3 is 0 Å². The van der Waals surface area contributed by atoms with Crippen molar-refractivity contribution in [2.45, 2.75) is 26.4 Å². The fourth-order valence-corrected chi connectivity index (χ4v) is 2.24. The second kappa shape index (κ2) is 8.24. The van der Waals surface area contributed by atoms with Crippen LogP contribution in [0.4, 0.5) is 5.69 Å². The summed E-state index contributed by atoms with van der Waals surface area (Å²) in [5, 5.41) is 2.85. The largest absolute Gasteiger partial charge is 0.493 e. The molecule has 0 saturated heterocycles. The number of anilines is 1. The standard InChI is InChI=1S/C19H23NO4/c1-5-16(24-15-9-6-13(2)7-10-15)19(21)20-14-8-11-17(22-3)18(12-14)23-4/h6-12,16H,5H2,1-4H3,(H,20,21). The maximum Gasteiger partial charge on any atom is 0.265 e. The quantitative estimate of drug-likeness (QED) is 0.839. The van der Waals surface area contributed by atoms with E-state index in [1.165, 1.54) is 0 Å². The highest BCUT2D eigenvalue weighted by atomic mass is 16.5. The van der Waals surface area contributed by atoms with Crippen LogP contribution in [0.5, 0.6) is 17.2 Å². The fraction of sp³-hybridized carbons (Fsp3) is 0.316. The summed E-state index contributed by atoms with van der Waals surface area (Å²) in [7, 11) is 3.12. The van der Waals surface area contributed by atoms with Gasteiger partial charge in [-0.1, -0.05) is 24.6 Å². The van der Waals surface area contributed by atoms with Crippen LogP contribution in [0.1, 0.15) is 18.9 Å². The molecule has 0 bridgehead atoms. The lowest BCUT2D eigenvalue weighted by Crippen LogP contribution is -2.32. The summed E-state index contributed by atoms with van der Waals surface area (Å²) >= 11 is 0. The monoisotopic (exact) mass is 329 g/mol. The predicted molar refractivity (Wildman–Crippen MR) is 94.1 cm³/mol. The average Bonchev–Trinajstić information content (AvgIpc) is 2.60. The Morgan fingerprint density at radius 3 is 2.29 bits per heavy atom. The molecule has 0 radical (unpaired) electrons. The van der Waals surface area contributed by atoms with E-state index in [1.54, 1.807) is 32.4 Å². The number of nitrogens with one attached hydrogen (secondary N) is 1. The highest BCUT2D eigenvalue weighted by Crippen LogP contribution is 2.29. The first kappa shape index (κ1) is 17.7. The predicted octanol–water partition coefficient (Wildman–Crippen LogP) is 3.81. The summed E-state index contributed by atoms with van der Waals surface area (Å²) in [4.78, 5) is 12.5. The van der Waals surface area contributed by atoms with Crippen LogP contribution in [0.15, 0.2) is 42.5 Å². The van der Waals surface area contributed by atoms with E-state index in [-0.39, 0.29) is 5.91 Å². The first-order chi connectivity index (χ1) is 11.6. The second-order valence-electron chi connectivity index (χ2n) is 5.39. The topological polar surface area (TPSA) is 56.8 Å². The Morgan fingerprint density at radius 2 is 1.71 bits per heavy atom. The third-order valence-electron chi connectivity index (χ3n) is 3.61. The normalized spacial score (nSPS) is 11.5. The van der Waals surface area contributed by atoms with Crippen molar-refractivity contribution in [2.24, 2.45) is 0 Å². The number of rotatable bonds is 7. The van der Waals surface area contributed by atoms with Gasteiger partial charge < -0.3 is 19.5 Å². The van der Waals surface area contributed by atoms with E-state index in [0.29, 0.717) is 29.4 Å². The highest BCUT2D eigenvalue weighted by molar-refractivity contribution is 5.94. The Balaban J connectivity index is 2.07. The van der Waals surface area contributed by atoms with Crippen LogP contribution < -0.4 is 19.5 Å². The van der Waals surface area contributed by atoms with Gasteiger partial charge in [-0.15, -0.1) is 0 Å². The Hall–Kier alpha value is -2.69. The molecule has 128 valence electrons. The van der Waals surface area contributed by atoms with Crippen molar-refractivity contribution in [3.63, 3.8) is 0 Å². The summed E-state index contributed by atoms with van der Waals surface area (Å²) < 4.78 is 16.2. The minimum absolute atomic E-state index is 0.203. The molecule has 24 heavy (non-hydrogen) atoms. The van der Waals surface area contributed by atoms with Crippen LogP contribution >= 0.6 is 0 Å². The van der Waals surface area contributed by atoms with E-state index in [9.17, 15) is 4.79 Å². The Bertz CT molecular complexity index is 682. The van der Waals surface area contributed by atoms with Gasteiger partial charge in [-0.3, -0.25) is 4.79 Å². The van der Waals surface area contributed by atoms with Crippen LogP contribution in [0.3, 0.4) is 0 Å².